The minimum Gasteiger partial charge on any atom is -0.480 e. The summed E-state index contributed by atoms with van der Waals surface area (Å²) >= 11 is 0. The highest BCUT2D eigenvalue weighted by molar-refractivity contribution is 5.86. The minimum atomic E-state index is -1.22. The van der Waals surface area contributed by atoms with Crippen LogP contribution in [-0.4, -0.2) is 51.8 Å². The Kier molecular flexibility index (Phi) is 4.96. The molecule has 2 atom stereocenters. The fourth-order valence-electron chi connectivity index (χ4n) is 4.41. The molecule has 0 unspecified atom stereocenters. The Balaban J connectivity index is 1.57. The number of benzene rings is 2. The molecule has 150 valence electrons. The molecule has 2 N–H and O–H groups in total. The smallest absolute Gasteiger partial charge is 0.411 e. The van der Waals surface area contributed by atoms with Gasteiger partial charge < -0.3 is 14.9 Å². The Morgan fingerprint density at radius 3 is 1.83 bits per heavy atom. The molecule has 1 fully saturated rings. The number of carboxylic acids is 2. The summed E-state index contributed by atoms with van der Waals surface area (Å²) in [4.78, 5) is 36.8. The van der Waals surface area contributed by atoms with Crippen molar-refractivity contribution < 1.29 is 29.3 Å². The van der Waals surface area contributed by atoms with Crippen LogP contribution in [0.5, 0.6) is 0 Å². The molecule has 7 nitrogen and oxygen atoms in total. The summed E-state index contributed by atoms with van der Waals surface area (Å²) < 4.78 is 5.50. The summed E-state index contributed by atoms with van der Waals surface area (Å²) in [5.74, 6) is -2.61. The molecule has 0 bridgehead atoms. The van der Waals surface area contributed by atoms with Crippen molar-refractivity contribution in [1.82, 2.24) is 4.90 Å². The summed E-state index contributed by atoms with van der Waals surface area (Å²) in [5.41, 5.74) is 4.22. The number of fused-ring (bicyclic) bond motifs is 3. The summed E-state index contributed by atoms with van der Waals surface area (Å²) in [5, 5.41) is 18.9. The molecule has 0 saturated carbocycles. The second-order valence-corrected chi connectivity index (χ2v) is 7.35. The highest BCUT2D eigenvalue weighted by atomic mass is 16.6. The third-order valence-corrected chi connectivity index (χ3v) is 5.74. The SMILES string of the molecule is O=C(O)[C@H]1CCC[C@@H](C(=O)O)N1C(=O)OCC1c2ccccc2-c2ccccc21. The predicted octanol–water partition coefficient (Wildman–Crippen LogP) is 3.33. The highest BCUT2D eigenvalue weighted by Crippen LogP contribution is 2.44. The van der Waals surface area contributed by atoms with E-state index in [0.29, 0.717) is 6.42 Å². The van der Waals surface area contributed by atoms with E-state index in [1.54, 1.807) is 0 Å². The van der Waals surface area contributed by atoms with Crippen LogP contribution in [0.3, 0.4) is 0 Å². The van der Waals surface area contributed by atoms with Gasteiger partial charge in [0, 0.05) is 5.92 Å². The monoisotopic (exact) mass is 395 g/mol. The summed E-state index contributed by atoms with van der Waals surface area (Å²) in [6, 6.07) is 13.4. The number of amides is 1. The van der Waals surface area contributed by atoms with Crippen LogP contribution in [0.15, 0.2) is 48.5 Å². The van der Waals surface area contributed by atoms with Crippen LogP contribution in [0.25, 0.3) is 11.1 Å². The summed E-state index contributed by atoms with van der Waals surface area (Å²) in [6.45, 7) is 0.0159. The maximum Gasteiger partial charge on any atom is 0.411 e. The highest BCUT2D eigenvalue weighted by Gasteiger charge is 2.43. The first kappa shape index (κ1) is 19.0. The Morgan fingerprint density at radius 1 is 0.862 bits per heavy atom. The lowest BCUT2D eigenvalue weighted by atomic mass is 9.96. The van der Waals surface area contributed by atoms with E-state index >= 15 is 0 Å². The largest absolute Gasteiger partial charge is 0.480 e. The predicted molar refractivity (Wildman–Crippen MR) is 104 cm³/mol. The zero-order chi connectivity index (χ0) is 20.5. The van der Waals surface area contributed by atoms with Crippen molar-refractivity contribution >= 4 is 18.0 Å². The van der Waals surface area contributed by atoms with Crippen molar-refractivity contribution in [3.8, 4) is 11.1 Å². The Hall–Kier alpha value is -3.35. The average Bonchev–Trinajstić information content (AvgIpc) is 3.05. The Labute approximate surface area is 167 Å². The van der Waals surface area contributed by atoms with Gasteiger partial charge in [-0.2, -0.15) is 0 Å². The third kappa shape index (κ3) is 3.33. The molecule has 1 heterocycles. The van der Waals surface area contributed by atoms with Crippen molar-refractivity contribution in [2.75, 3.05) is 6.61 Å². The number of ether oxygens (including phenoxy) is 1. The van der Waals surface area contributed by atoms with Gasteiger partial charge in [-0.15, -0.1) is 0 Å². The molecule has 2 aromatic rings. The van der Waals surface area contributed by atoms with Gasteiger partial charge in [0.25, 0.3) is 0 Å². The number of hydrogen-bond donors (Lipinski definition) is 2. The molecule has 2 aromatic carbocycles. The molecule has 1 saturated heterocycles. The van der Waals surface area contributed by atoms with Gasteiger partial charge in [-0.1, -0.05) is 48.5 Å². The number of aliphatic carboxylic acids is 2. The molecular formula is C22H21NO6. The van der Waals surface area contributed by atoms with Gasteiger partial charge >= 0.3 is 18.0 Å². The van der Waals surface area contributed by atoms with Crippen LogP contribution < -0.4 is 0 Å². The lowest BCUT2D eigenvalue weighted by molar-refractivity contribution is -0.152. The lowest BCUT2D eigenvalue weighted by Crippen LogP contribution is -2.56. The van der Waals surface area contributed by atoms with Crippen molar-refractivity contribution in [2.45, 2.75) is 37.3 Å². The number of piperidine rings is 1. The van der Waals surface area contributed by atoms with Gasteiger partial charge in [0.15, 0.2) is 0 Å². The number of rotatable bonds is 4. The average molecular weight is 395 g/mol. The number of carbonyl (C=O) groups is 3. The van der Waals surface area contributed by atoms with E-state index in [1.807, 2.05) is 48.5 Å². The second kappa shape index (κ2) is 7.58. The van der Waals surface area contributed by atoms with Gasteiger partial charge in [-0.05, 0) is 41.5 Å². The molecule has 1 amide bonds. The van der Waals surface area contributed by atoms with E-state index in [-0.39, 0.29) is 25.4 Å². The Morgan fingerprint density at radius 2 is 1.34 bits per heavy atom. The fourth-order valence-corrected chi connectivity index (χ4v) is 4.41. The van der Waals surface area contributed by atoms with E-state index in [1.165, 1.54) is 0 Å². The minimum absolute atomic E-state index is 0.0159. The van der Waals surface area contributed by atoms with E-state index < -0.39 is 30.1 Å². The lowest BCUT2D eigenvalue weighted by Gasteiger charge is -2.37. The van der Waals surface area contributed by atoms with Crippen LogP contribution in [0, 0.1) is 0 Å². The molecule has 4 rings (SSSR count). The molecular weight excluding hydrogens is 374 g/mol. The number of nitrogens with zero attached hydrogens (tertiary/aromatic N) is 1. The number of carbonyl (C=O) groups excluding carboxylic acids is 1. The van der Waals surface area contributed by atoms with E-state index in [0.717, 1.165) is 27.2 Å². The first-order chi connectivity index (χ1) is 14.0. The van der Waals surface area contributed by atoms with Gasteiger partial charge in [-0.3, -0.25) is 4.90 Å². The van der Waals surface area contributed by atoms with Crippen molar-refractivity contribution in [3.63, 3.8) is 0 Å². The second-order valence-electron chi connectivity index (χ2n) is 7.35. The number of hydrogen-bond acceptors (Lipinski definition) is 4. The summed E-state index contributed by atoms with van der Waals surface area (Å²) in [7, 11) is 0. The van der Waals surface area contributed by atoms with Crippen LogP contribution in [0.1, 0.15) is 36.3 Å². The summed E-state index contributed by atoms with van der Waals surface area (Å²) in [6.07, 6.45) is -0.0420. The van der Waals surface area contributed by atoms with E-state index in [2.05, 4.69) is 0 Å². The first-order valence-electron chi connectivity index (χ1n) is 9.58. The third-order valence-electron chi connectivity index (χ3n) is 5.74. The number of likely N-dealkylation sites (tertiary alicyclic amines) is 1. The zero-order valence-corrected chi connectivity index (χ0v) is 15.7. The zero-order valence-electron chi connectivity index (χ0n) is 15.7. The van der Waals surface area contributed by atoms with E-state index in [4.69, 9.17) is 4.74 Å². The van der Waals surface area contributed by atoms with Crippen LogP contribution in [0.2, 0.25) is 0 Å². The van der Waals surface area contributed by atoms with Gasteiger partial charge in [-0.25, -0.2) is 14.4 Å². The molecule has 2 aliphatic rings. The van der Waals surface area contributed by atoms with Crippen LogP contribution in [0.4, 0.5) is 4.79 Å². The van der Waals surface area contributed by atoms with E-state index in [9.17, 15) is 24.6 Å². The fraction of sp³-hybridized carbons (Fsp3) is 0.318. The molecule has 7 heteroatoms. The normalized spacial score (nSPS) is 20.6. The first-order valence-corrected chi connectivity index (χ1v) is 9.58. The van der Waals surface area contributed by atoms with Gasteiger partial charge in [0.05, 0.1) is 0 Å². The quantitative estimate of drug-likeness (QED) is 0.823. The molecule has 0 spiro atoms. The standard InChI is InChI=1S/C22H21NO6/c24-20(25)18-10-5-11-19(21(26)27)23(18)22(28)29-12-17-15-8-3-1-6-13(15)14-7-2-4-9-16(14)17/h1-4,6-9,17-19H,5,10-12H2,(H,24,25)(H,26,27)/t18-,19+. The van der Waals surface area contributed by atoms with Crippen LogP contribution in [-0.2, 0) is 14.3 Å². The molecule has 1 aliphatic heterocycles. The van der Waals surface area contributed by atoms with Crippen LogP contribution >= 0.6 is 0 Å². The van der Waals surface area contributed by atoms with Gasteiger partial charge in [0.1, 0.15) is 18.7 Å². The van der Waals surface area contributed by atoms with Crippen molar-refractivity contribution in [1.29, 1.82) is 0 Å². The van der Waals surface area contributed by atoms with Crippen molar-refractivity contribution in [2.24, 2.45) is 0 Å². The molecule has 0 radical (unpaired) electrons. The number of carboxylic acid groups (broad SMARTS) is 2. The van der Waals surface area contributed by atoms with Gasteiger partial charge in [0.2, 0.25) is 0 Å². The topological polar surface area (TPSA) is 104 Å². The molecule has 1 aliphatic carbocycles. The Bertz CT molecular complexity index is 904. The molecule has 0 aromatic heterocycles. The maximum atomic E-state index is 12.8. The molecule has 29 heavy (non-hydrogen) atoms. The maximum absolute atomic E-state index is 12.8. The van der Waals surface area contributed by atoms with Crippen molar-refractivity contribution in [3.05, 3.63) is 59.7 Å².